The Balaban J connectivity index is 2.08. The molecule has 0 aromatic heterocycles. The molecule has 1 fully saturated rings. The quantitative estimate of drug-likeness (QED) is 0.802. The molecular formula is C17H28N2O3. The van der Waals surface area contributed by atoms with Crippen LogP contribution < -0.4 is 14.8 Å². The number of piperazine rings is 1. The van der Waals surface area contributed by atoms with E-state index in [0.29, 0.717) is 12.4 Å². The maximum absolute atomic E-state index is 10.7. The van der Waals surface area contributed by atoms with E-state index in [9.17, 15) is 5.11 Å². The normalized spacial score (nSPS) is 18.7. The molecule has 1 aliphatic rings. The van der Waals surface area contributed by atoms with Crippen molar-refractivity contribution in [2.75, 3.05) is 46.4 Å². The molecule has 1 aromatic carbocycles. The van der Waals surface area contributed by atoms with Crippen molar-refractivity contribution >= 4 is 0 Å². The third-order valence-electron chi connectivity index (χ3n) is 4.13. The van der Waals surface area contributed by atoms with Crippen LogP contribution in [0.2, 0.25) is 0 Å². The number of ether oxygens (including phenoxy) is 2. The molecule has 0 saturated carbocycles. The molecule has 0 radical (unpaired) electrons. The van der Waals surface area contributed by atoms with Gasteiger partial charge in [0, 0.05) is 38.3 Å². The largest absolute Gasteiger partial charge is 0.496 e. The van der Waals surface area contributed by atoms with Crippen molar-refractivity contribution in [2.45, 2.75) is 20.0 Å². The van der Waals surface area contributed by atoms with Gasteiger partial charge in [-0.1, -0.05) is 6.92 Å². The van der Waals surface area contributed by atoms with Gasteiger partial charge in [0.05, 0.1) is 19.8 Å². The molecule has 2 rings (SSSR count). The fourth-order valence-electron chi connectivity index (χ4n) is 2.91. The van der Waals surface area contributed by atoms with E-state index in [-0.39, 0.29) is 5.92 Å². The highest BCUT2D eigenvalue weighted by Gasteiger charge is 2.23. The third kappa shape index (κ3) is 4.35. The number of nitrogens with one attached hydrogen (secondary N) is 1. The number of benzene rings is 1. The molecule has 5 heteroatoms. The number of hydrogen-bond acceptors (Lipinski definition) is 5. The lowest BCUT2D eigenvalue weighted by atomic mass is 9.95. The van der Waals surface area contributed by atoms with Gasteiger partial charge < -0.3 is 24.8 Å². The highest BCUT2D eigenvalue weighted by molar-refractivity contribution is 5.42. The van der Waals surface area contributed by atoms with Gasteiger partial charge in [-0.2, -0.15) is 0 Å². The van der Waals surface area contributed by atoms with Gasteiger partial charge in [-0.15, -0.1) is 0 Å². The Labute approximate surface area is 133 Å². The molecule has 0 amide bonds. The smallest absolute Gasteiger partial charge is 0.124 e. The van der Waals surface area contributed by atoms with E-state index in [1.807, 2.05) is 25.1 Å². The van der Waals surface area contributed by atoms with Gasteiger partial charge in [0.1, 0.15) is 11.5 Å². The minimum Gasteiger partial charge on any atom is -0.496 e. The molecule has 1 saturated heterocycles. The minimum absolute atomic E-state index is 0.129. The van der Waals surface area contributed by atoms with Crippen molar-refractivity contribution in [1.29, 1.82) is 0 Å². The summed E-state index contributed by atoms with van der Waals surface area (Å²) < 4.78 is 10.9. The zero-order valence-corrected chi connectivity index (χ0v) is 13.8. The van der Waals surface area contributed by atoms with E-state index in [4.69, 9.17) is 9.47 Å². The summed E-state index contributed by atoms with van der Waals surface area (Å²) in [7, 11) is 1.63. The Morgan fingerprint density at radius 1 is 1.32 bits per heavy atom. The average Bonchev–Trinajstić information content (AvgIpc) is 2.55. The predicted molar refractivity (Wildman–Crippen MR) is 87.6 cm³/mol. The monoisotopic (exact) mass is 308 g/mol. The lowest BCUT2D eigenvalue weighted by molar-refractivity contribution is 0.0819. The number of rotatable bonds is 7. The van der Waals surface area contributed by atoms with Gasteiger partial charge in [0.25, 0.3) is 0 Å². The van der Waals surface area contributed by atoms with E-state index < -0.39 is 6.10 Å². The third-order valence-corrected chi connectivity index (χ3v) is 4.13. The molecule has 22 heavy (non-hydrogen) atoms. The van der Waals surface area contributed by atoms with Crippen molar-refractivity contribution in [1.82, 2.24) is 10.2 Å². The first-order valence-corrected chi connectivity index (χ1v) is 8.07. The van der Waals surface area contributed by atoms with Crippen molar-refractivity contribution in [2.24, 2.45) is 5.92 Å². The van der Waals surface area contributed by atoms with Crippen LogP contribution >= 0.6 is 0 Å². The van der Waals surface area contributed by atoms with E-state index in [0.717, 1.165) is 44.0 Å². The van der Waals surface area contributed by atoms with Gasteiger partial charge in [0.2, 0.25) is 0 Å². The average molecular weight is 308 g/mol. The highest BCUT2D eigenvalue weighted by Crippen LogP contribution is 2.33. The standard InChI is InChI=1S/C17H28N2O3/c1-4-22-14-5-6-16(21-3)15(11-14)17(20)13(2)12-19-9-7-18-8-10-19/h5-6,11,13,17-18,20H,4,7-10,12H2,1-3H3. The summed E-state index contributed by atoms with van der Waals surface area (Å²) in [6.07, 6.45) is -0.565. The molecular weight excluding hydrogens is 280 g/mol. The highest BCUT2D eigenvalue weighted by atomic mass is 16.5. The second-order valence-corrected chi connectivity index (χ2v) is 5.81. The molecule has 124 valence electrons. The van der Waals surface area contributed by atoms with Crippen LogP contribution in [0.5, 0.6) is 11.5 Å². The second kappa shape index (κ2) is 8.36. The minimum atomic E-state index is -0.565. The van der Waals surface area contributed by atoms with Crippen molar-refractivity contribution in [3.63, 3.8) is 0 Å². The number of methoxy groups -OCH3 is 1. The van der Waals surface area contributed by atoms with Crippen LogP contribution in [0.25, 0.3) is 0 Å². The first-order valence-electron chi connectivity index (χ1n) is 8.07. The summed E-state index contributed by atoms with van der Waals surface area (Å²) in [5.41, 5.74) is 0.802. The molecule has 2 N–H and O–H groups in total. The lowest BCUT2D eigenvalue weighted by Gasteiger charge is -2.31. The summed E-state index contributed by atoms with van der Waals surface area (Å²) in [6.45, 7) is 9.63. The van der Waals surface area contributed by atoms with E-state index in [1.54, 1.807) is 7.11 Å². The second-order valence-electron chi connectivity index (χ2n) is 5.81. The Morgan fingerprint density at radius 3 is 2.68 bits per heavy atom. The fraction of sp³-hybridized carbons (Fsp3) is 0.647. The Bertz CT molecular complexity index is 461. The van der Waals surface area contributed by atoms with Crippen molar-refractivity contribution < 1.29 is 14.6 Å². The van der Waals surface area contributed by atoms with E-state index >= 15 is 0 Å². The van der Waals surface area contributed by atoms with Crippen molar-refractivity contribution in [3.05, 3.63) is 23.8 Å². The Hall–Kier alpha value is -1.30. The van der Waals surface area contributed by atoms with E-state index in [1.165, 1.54) is 0 Å². The molecule has 2 unspecified atom stereocenters. The molecule has 5 nitrogen and oxygen atoms in total. The van der Waals surface area contributed by atoms with Crippen LogP contribution in [-0.4, -0.2) is 56.4 Å². The van der Waals surface area contributed by atoms with Gasteiger partial charge in [-0.25, -0.2) is 0 Å². The van der Waals surface area contributed by atoms with Crippen LogP contribution in [0, 0.1) is 5.92 Å². The maximum Gasteiger partial charge on any atom is 0.124 e. The number of aliphatic hydroxyl groups excluding tert-OH is 1. The zero-order valence-electron chi connectivity index (χ0n) is 13.8. The molecule has 1 aromatic rings. The van der Waals surface area contributed by atoms with Crippen LogP contribution in [0.4, 0.5) is 0 Å². The zero-order chi connectivity index (χ0) is 15.9. The summed E-state index contributed by atoms with van der Waals surface area (Å²) in [6, 6.07) is 5.63. The molecule has 1 aliphatic heterocycles. The summed E-state index contributed by atoms with van der Waals surface area (Å²) in [4.78, 5) is 2.39. The predicted octanol–water partition coefficient (Wildman–Crippen LogP) is 1.67. The van der Waals surface area contributed by atoms with Crippen LogP contribution in [0.3, 0.4) is 0 Å². The Kier molecular flexibility index (Phi) is 6.49. The van der Waals surface area contributed by atoms with Crippen LogP contribution in [0.15, 0.2) is 18.2 Å². The topological polar surface area (TPSA) is 54.0 Å². The number of nitrogens with zero attached hydrogens (tertiary/aromatic N) is 1. The molecule has 0 aliphatic carbocycles. The van der Waals surface area contributed by atoms with Gasteiger partial charge >= 0.3 is 0 Å². The summed E-state index contributed by atoms with van der Waals surface area (Å²) in [5, 5.41) is 14.1. The van der Waals surface area contributed by atoms with Crippen molar-refractivity contribution in [3.8, 4) is 11.5 Å². The number of hydrogen-bond donors (Lipinski definition) is 2. The van der Waals surface area contributed by atoms with Gasteiger partial charge in [-0.3, -0.25) is 0 Å². The first kappa shape index (κ1) is 17.1. The fourth-order valence-corrected chi connectivity index (χ4v) is 2.91. The van der Waals surface area contributed by atoms with Crippen LogP contribution in [0.1, 0.15) is 25.5 Å². The van der Waals surface area contributed by atoms with Crippen LogP contribution in [-0.2, 0) is 0 Å². The maximum atomic E-state index is 10.7. The number of aliphatic hydroxyl groups is 1. The molecule has 0 spiro atoms. The summed E-state index contributed by atoms with van der Waals surface area (Å²) >= 11 is 0. The first-order chi connectivity index (χ1) is 10.7. The molecule has 1 heterocycles. The molecule has 2 atom stereocenters. The van der Waals surface area contributed by atoms with Gasteiger partial charge in [-0.05, 0) is 31.0 Å². The van der Waals surface area contributed by atoms with E-state index in [2.05, 4.69) is 17.1 Å². The van der Waals surface area contributed by atoms with Gasteiger partial charge in [0.15, 0.2) is 0 Å². The SMILES string of the molecule is CCOc1ccc(OC)c(C(O)C(C)CN2CCNCC2)c1. The molecule has 0 bridgehead atoms. The Morgan fingerprint density at radius 2 is 2.05 bits per heavy atom. The lowest BCUT2D eigenvalue weighted by Crippen LogP contribution is -2.45. The summed E-state index contributed by atoms with van der Waals surface area (Å²) in [5.74, 6) is 1.61.